The number of hydrogen-bond acceptors (Lipinski definition) is 5. The molecule has 0 unspecified atom stereocenters. The number of ether oxygens (including phenoxy) is 1. The third kappa shape index (κ3) is 5.67. The third-order valence-electron chi connectivity index (χ3n) is 4.10. The highest BCUT2D eigenvalue weighted by atomic mass is 32.2. The van der Waals surface area contributed by atoms with Crippen molar-refractivity contribution in [1.82, 2.24) is 8.61 Å². The van der Waals surface area contributed by atoms with E-state index in [1.807, 2.05) is 0 Å². The quantitative estimate of drug-likeness (QED) is 0.817. The summed E-state index contributed by atoms with van der Waals surface area (Å²) in [6, 6.07) is 8.71. The van der Waals surface area contributed by atoms with Gasteiger partial charge in [-0.05, 0) is 39.2 Å². The minimum absolute atomic E-state index is 0.161. The predicted molar refractivity (Wildman–Crippen MR) is 99.1 cm³/mol. The van der Waals surface area contributed by atoms with Crippen molar-refractivity contribution in [3.8, 4) is 0 Å². The molecule has 1 fully saturated rings. The molecule has 0 aliphatic carbocycles. The van der Waals surface area contributed by atoms with E-state index in [0.717, 1.165) is 4.31 Å². The number of carboxylic acid groups (broad SMARTS) is 1. The number of nitrogens with zero attached hydrogens (tertiary/aromatic N) is 2. The summed E-state index contributed by atoms with van der Waals surface area (Å²) in [5, 5.41) is 9.23. The molecule has 0 spiro atoms. The van der Waals surface area contributed by atoms with Gasteiger partial charge in [0.1, 0.15) is 5.60 Å². The lowest BCUT2D eigenvalue weighted by Crippen LogP contribution is -2.51. The molecule has 1 heterocycles. The van der Waals surface area contributed by atoms with Crippen LogP contribution in [0.1, 0.15) is 39.2 Å². The van der Waals surface area contributed by atoms with Crippen LogP contribution in [-0.4, -0.2) is 52.9 Å². The first-order chi connectivity index (χ1) is 12.5. The molecule has 1 aliphatic rings. The second-order valence-corrected chi connectivity index (χ2v) is 9.37. The Balaban J connectivity index is 2.32. The lowest BCUT2D eigenvalue weighted by Gasteiger charge is -2.35. The zero-order valence-corrected chi connectivity index (χ0v) is 16.6. The van der Waals surface area contributed by atoms with E-state index in [-0.39, 0.29) is 19.6 Å². The van der Waals surface area contributed by atoms with E-state index in [0.29, 0.717) is 22.7 Å². The molecule has 1 atom stereocenters. The van der Waals surface area contributed by atoms with Crippen molar-refractivity contribution in [1.29, 1.82) is 0 Å². The van der Waals surface area contributed by atoms with Crippen LogP contribution in [0.3, 0.4) is 0 Å². The number of benzene rings is 1. The van der Waals surface area contributed by atoms with Gasteiger partial charge in [0, 0.05) is 13.1 Å². The first-order valence-electron chi connectivity index (χ1n) is 8.78. The van der Waals surface area contributed by atoms with Crippen molar-refractivity contribution in [2.45, 2.75) is 45.8 Å². The van der Waals surface area contributed by atoms with Crippen LogP contribution in [0.2, 0.25) is 0 Å². The molecular formula is C18H26N2O6S. The molecule has 2 rings (SSSR count). The van der Waals surface area contributed by atoms with Crippen molar-refractivity contribution in [2.24, 2.45) is 5.92 Å². The fourth-order valence-electron chi connectivity index (χ4n) is 2.80. The highest BCUT2D eigenvalue weighted by Crippen LogP contribution is 2.24. The van der Waals surface area contributed by atoms with Crippen molar-refractivity contribution in [3.05, 3.63) is 35.9 Å². The Morgan fingerprint density at radius 3 is 2.44 bits per heavy atom. The Morgan fingerprint density at radius 1 is 1.26 bits per heavy atom. The van der Waals surface area contributed by atoms with E-state index < -0.39 is 33.8 Å². The average molecular weight is 398 g/mol. The SMILES string of the molecule is CC(C)(C)OC(=O)N(Cc1ccccc1)S(=O)(=O)N1CCC[C@@H](C(=O)O)C1. The van der Waals surface area contributed by atoms with Crippen molar-refractivity contribution < 1.29 is 27.9 Å². The smallest absolute Gasteiger partial charge is 0.425 e. The molecule has 0 saturated carbocycles. The van der Waals surface area contributed by atoms with E-state index in [1.165, 1.54) is 0 Å². The Labute approximate surface area is 159 Å². The van der Waals surface area contributed by atoms with Crippen LogP contribution in [0.5, 0.6) is 0 Å². The maximum Gasteiger partial charge on any atom is 0.425 e. The first kappa shape index (κ1) is 21.2. The molecule has 0 bridgehead atoms. The standard InChI is InChI=1S/C18H26N2O6S/c1-18(2,3)26-17(23)20(12-14-8-5-4-6-9-14)27(24,25)19-11-7-10-15(13-19)16(21)22/h4-6,8-9,15H,7,10-13H2,1-3H3,(H,21,22)/t15-/m1/s1. The predicted octanol–water partition coefficient (Wildman–Crippen LogP) is 2.47. The van der Waals surface area contributed by atoms with Crippen LogP contribution in [0.4, 0.5) is 4.79 Å². The molecule has 1 aromatic carbocycles. The highest BCUT2D eigenvalue weighted by Gasteiger charge is 2.39. The highest BCUT2D eigenvalue weighted by molar-refractivity contribution is 7.87. The van der Waals surface area contributed by atoms with Crippen molar-refractivity contribution in [3.63, 3.8) is 0 Å². The minimum atomic E-state index is -4.23. The summed E-state index contributed by atoms with van der Waals surface area (Å²) in [5.41, 5.74) is -0.244. The van der Waals surface area contributed by atoms with E-state index in [2.05, 4.69) is 0 Å². The monoisotopic (exact) mass is 398 g/mol. The van der Waals surface area contributed by atoms with Crippen LogP contribution in [-0.2, 0) is 26.3 Å². The number of carboxylic acids is 1. The lowest BCUT2D eigenvalue weighted by molar-refractivity contribution is -0.142. The molecule has 8 nitrogen and oxygen atoms in total. The van der Waals surface area contributed by atoms with Crippen LogP contribution >= 0.6 is 0 Å². The Hall–Kier alpha value is -2.13. The molecule has 0 aromatic heterocycles. The normalized spacial score (nSPS) is 18.7. The maximum atomic E-state index is 13.1. The van der Waals surface area contributed by atoms with Gasteiger partial charge in [-0.2, -0.15) is 17.0 Å². The number of aliphatic carboxylic acids is 1. The average Bonchev–Trinajstić information content (AvgIpc) is 2.59. The van der Waals surface area contributed by atoms with Gasteiger partial charge in [0.25, 0.3) is 0 Å². The minimum Gasteiger partial charge on any atom is -0.481 e. The Bertz CT molecular complexity index is 773. The fraction of sp³-hybridized carbons (Fsp3) is 0.556. The van der Waals surface area contributed by atoms with Gasteiger partial charge in [0.05, 0.1) is 12.5 Å². The lowest BCUT2D eigenvalue weighted by atomic mass is 10.0. The number of rotatable bonds is 5. The van der Waals surface area contributed by atoms with Crippen molar-refractivity contribution in [2.75, 3.05) is 13.1 Å². The summed E-state index contributed by atoms with van der Waals surface area (Å²) >= 11 is 0. The Morgan fingerprint density at radius 2 is 1.89 bits per heavy atom. The largest absolute Gasteiger partial charge is 0.481 e. The number of carbonyl (C=O) groups excluding carboxylic acids is 1. The van der Waals surface area contributed by atoms with E-state index in [1.54, 1.807) is 51.1 Å². The molecule has 1 aliphatic heterocycles. The second kappa shape index (κ2) is 8.26. The van der Waals surface area contributed by atoms with Gasteiger partial charge in [-0.25, -0.2) is 4.79 Å². The van der Waals surface area contributed by atoms with Gasteiger partial charge >= 0.3 is 22.3 Å². The second-order valence-electron chi connectivity index (χ2n) is 7.52. The summed E-state index contributed by atoms with van der Waals surface area (Å²) in [6.07, 6.45) is -0.153. The van der Waals surface area contributed by atoms with E-state index in [9.17, 15) is 23.1 Å². The summed E-state index contributed by atoms with van der Waals surface area (Å²) in [4.78, 5) is 23.9. The number of amides is 1. The molecule has 27 heavy (non-hydrogen) atoms. The fourth-order valence-corrected chi connectivity index (χ4v) is 4.34. The summed E-state index contributed by atoms with van der Waals surface area (Å²) < 4.78 is 33.3. The molecule has 9 heteroatoms. The van der Waals surface area contributed by atoms with Crippen molar-refractivity contribution >= 4 is 22.3 Å². The molecule has 1 amide bonds. The molecule has 1 saturated heterocycles. The zero-order chi connectivity index (χ0) is 20.2. The van der Waals surface area contributed by atoms with Crippen LogP contribution in [0.15, 0.2) is 30.3 Å². The summed E-state index contributed by atoms with van der Waals surface area (Å²) in [6.45, 7) is 4.77. The van der Waals surface area contributed by atoms with Gasteiger partial charge in [-0.1, -0.05) is 30.3 Å². The van der Waals surface area contributed by atoms with Gasteiger partial charge in [0.15, 0.2) is 0 Å². The Kier molecular flexibility index (Phi) is 6.48. The number of hydrogen-bond donors (Lipinski definition) is 1. The third-order valence-corrected chi connectivity index (χ3v) is 5.92. The van der Waals surface area contributed by atoms with Gasteiger partial charge in [-0.3, -0.25) is 4.79 Å². The van der Waals surface area contributed by atoms with Gasteiger partial charge in [-0.15, -0.1) is 0 Å². The maximum absolute atomic E-state index is 13.1. The summed E-state index contributed by atoms with van der Waals surface area (Å²) in [7, 11) is -4.23. The van der Waals surface area contributed by atoms with E-state index >= 15 is 0 Å². The molecule has 1 aromatic rings. The number of carbonyl (C=O) groups is 2. The molecular weight excluding hydrogens is 372 g/mol. The van der Waals surface area contributed by atoms with Gasteiger partial charge < -0.3 is 9.84 Å². The summed E-state index contributed by atoms with van der Waals surface area (Å²) in [5.74, 6) is -1.83. The zero-order valence-electron chi connectivity index (χ0n) is 15.8. The topological polar surface area (TPSA) is 104 Å². The number of piperidine rings is 1. The molecule has 150 valence electrons. The van der Waals surface area contributed by atoms with Crippen LogP contribution < -0.4 is 0 Å². The van der Waals surface area contributed by atoms with Crippen LogP contribution in [0.25, 0.3) is 0 Å². The first-order valence-corrected chi connectivity index (χ1v) is 10.2. The molecule has 1 N–H and O–H groups in total. The molecule has 0 radical (unpaired) electrons. The van der Waals surface area contributed by atoms with Gasteiger partial charge in [0.2, 0.25) is 0 Å². The van der Waals surface area contributed by atoms with Crippen LogP contribution in [0, 0.1) is 5.92 Å². The van der Waals surface area contributed by atoms with E-state index in [4.69, 9.17) is 4.74 Å².